The molecule has 27 heavy (non-hydrogen) atoms. The number of carbonyl (C=O) groups is 2. The van der Waals surface area contributed by atoms with Gasteiger partial charge in [0.15, 0.2) is 11.6 Å². The monoisotopic (exact) mass is 401 g/mol. The number of hydrogen-bond donors (Lipinski definition) is 2. The third-order valence-electron chi connectivity index (χ3n) is 5.21. The number of benzene rings is 1. The van der Waals surface area contributed by atoms with Gasteiger partial charge in [-0.25, -0.2) is 8.78 Å². The van der Waals surface area contributed by atoms with E-state index in [0.717, 1.165) is 38.3 Å². The number of nitrogens with zero attached hydrogens (tertiary/aromatic N) is 1. The molecule has 2 unspecified atom stereocenters. The molecule has 5 nitrogen and oxygen atoms in total. The Morgan fingerprint density at radius 3 is 2.81 bits per heavy atom. The zero-order valence-electron chi connectivity index (χ0n) is 15.2. The second-order valence-corrected chi connectivity index (χ2v) is 7.07. The van der Waals surface area contributed by atoms with E-state index in [9.17, 15) is 18.4 Å². The molecule has 1 aromatic rings. The van der Waals surface area contributed by atoms with E-state index >= 15 is 0 Å². The first-order valence-corrected chi connectivity index (χ1v) is 9.27. The minimum Gasteiger partial charge on any atom is -0.350 e. The summed E-state index contributed by atoms with van der Waals surface area (Å²) in [7, 11) is 0. The number of rotatable bonds is 4. The van der Waals surface area contributed by atoms with Crippen LogP contribution in [0.15, 0.2) is 18.2 Å². The molecule has 0 saturated carbocycles. The van der Waals surface area contributed by atoms with Crippen LogP contribution in [0.25, 0.3) is 0 Å². The van der Waals surface area contributed by atoms with Crippen LogP contribution in [-0.2, 0) is 9.59 Å². The van der Waals surface area contributed by atoms with Gasteiger partial charge in [0.1, 0.15) is 0 Å². The van der Waals surface area contributed by atoms with Crippen molar-refractivity contribution in [3.8, 4) is 0 Å². The summed E-state index contributed by atoms with van der Waals surface area (Å²) in [6, 6.07) is 3.69. The average molecular weight is 402 g/mol. The number of amides is 2. The van der Waals surface area contributed by atoms with E-state index in [1.165, 1.54) is 6.07 Å². The predicted octanol–water partition coefficient (Wildman–Crippen LogP) is 2.35. The molecular weight excluding hydrogens is 376 g/mol. The molecule has 0 bridgehead atoms. The molecule has 8 heteroatoms. The summed E-state index contributed by atoms with van der Waals surface area (Å²) in [5.41, 5.74) is 0.682. The van der Waals surface area contributed by atoms with Gasteiger partial charge in [0.25, 0.3) is 0 Å². The Morgan fingerprint density at radius 1 is 1.22 bits per heavy atom. The molecule has 0 aromatic heterocycles. The number of halogens is 3. The lowest BCUT2D eigenvalue weighted by molar-refractivity contribution is -0.135. The second-order valence-electron chi connectivity index (χ2n) is 7.07. The lowest BCUT2D eigenvalue weighted by atomic mass is 9.86. The maximum absolute atomic E-state index is 13.6. The van der Waals surface area contributed by atoms with Gasteiger partial charge in [-0.05, 0) is 43.5 Å². The normalized spacial score (nSPS) is 23.3. The number of nitrogens with one attached hydrogen (secondary N) is 2. The van der Waals surface area contributed by atoms with Crippen LogP contribution in [0, 0.1) is 11.6 Å². The van der Waals surface area contributed by atoms with Gasteiger partial charge in [0.2, 0.25) is 11.8 Å². The van der Waals surface area contributed by atoms with E-state index in [2.05, 4.69) is 10.6 Å². The summed E-state index contributed by atoms with van der Waals surface area (Å²) < 4.78 is 26.8. The van der Waals surface area contributed by atoms with Crippen molar-refractivity contribution in [2.24, 2.45) is 0 Å². The Morgan fingerprint density at radius 2 is 2.04 bits per heavy atom. The zero-order chi connectivity index (χ0) is 18.5. The number of piperidine rings is 1. The fourth-order valence-corrected chi connectivity index (χ4v) is 3.78. The van der Waals surface area contributed by atoms with Gasteiger partial charge in [-0.1, -0.05) is 12.5 Å². The van der Waals surface area contributed by atoms with E-state index in [0.29, 0.717) is 25.1 Å². The largest absolute Gasteiger partial charge is 0.350 e. The minimum absolute atomic E-state index is 0. The van der Waals surface area contributed by atoms with Crippen LogP contribution < -0.4 is 10.6 Å². The quantitative estimate of drug-likeness (QED) is 0.814. The predicted molar refractivity (Wildman–Crippen MR) is 101 cm³/mol. The van der Waals surface area contributed by atoms with Crippen LogP contribution in [0.2, 0.25) is 0 Å². The van der Waals surface area contributed by atoms with Crippen LogP contribution in [-0.4, -0.2) is 48.9 Å². The highest BCUT2D eigenvalue weighted by Gasteiger charge is 2.29. The zero-order valence-corrected chi connectivity index (χ0v) is 16.0. The second kappa shape index (κ2) is 9.99. The van der Waals surface area contributed by atoms with Crippen LogP contribution in [0.1, 0.15) is 43.6 Å². The van der Waals surface area contributed by atoms with Gasteiger partial charge in [-0.2, -0.15) is 0 Å². The lowest BCUT2D eigenvalue weighted by Gasteiger charge is -2.34. The van der Waals surface area contributed by atoms with Crippen molar-refractivity contribution in [3.05, 3.63) is 35.4 Å². The first-order valence-electron chi connectivity index (χ1n) is 9.27. The van der Waals surface area contributed by atoms with E-state index < -0.39 is 11.6 Å². The fraction of sp³-hybridized carbons (Fsp3) is 0.579. The highest BCUT2D eigenvalue weighted by Crippen LogP contribution is 2.27. The molecule has 2 heterocycles. The van der Waals surface area contributed by atoms with Crippen molar-refractivity contribution in [2.75, 3.05) is 26.2 Å². The van der Waals surface area contributed by atoms with Gasteiger partial charge in [-0.15, -0.1) is 12.4 Å². The first-order chi connectivity index (χ1) is 12.5. The average Bonchev–Trinajstić information content (AvgIpc) is 2.82. The molecule has 0 aliphatic carbocycles. The van der Waals surface area contributed by atoms with Gasteiger partial charge < -0.3 is 15.5 Å². The van der Waals surface area contributed by atoms with Crippen molar-refractivity contribution >= 4 is 24.2 Å². The van der Waals surface area contributed by atoms with Crippen LogP contribution in [0.4, 0.5) is 8.78 Å². The van der Waals surface area contributed by atoms with E-state index in [1.807, 2.05) is 0 Å². The molecule has 2 saturated heterocycles. The first kappa shape index (κ1) is 21.6. The molecular formula is C19H26ClF2N3O2. The van der Waals surface area contributed by atoms with Crippen molar-refractivity contribution < 1.29 is 18.4 Å². The SMILES string of the molecule is Cl.O=C(CN1CCCCCC1=O)NC1CNCCC1c1ccc(F)c(F)c1. The molecule has 2 atom stereocenters. The molecule has 1 aromatic carbocycles. The molecule has 2 amide bonds. The molecule has 150 valence electrons. The highest BCUT2D eigenvalue weighted by atomic mass is 35.5. The van der Waals surface area contributed by atoms with Crippen molar-refractivity contribution in [1.29, 1.82) is 0 Å². The summed E-state index contributed by atoms with van der Waals surface area (Å²) in [5, 5.41) is 6.20. The highest BCUT2D eigenvalue weighted by molar-refractivity contribution is 5.85. The van der Waals surface area contributed by atoms with Gasteiger partial charge in [-0.3, -0.25) is 9.59 Å². The topological polar surface area (TPSA) is 61.4 Å². The Labute approximate surface area is 164 Å². The number of likely N-dealkylation sites (tertiary alicyclic amines) is 1. The smallest absolute Gasteiger partial charge is 0.239 e. The molecule has 2 aliphatic heterocycles. The lowest BCUT2D eigenvalue weighted by Crippen LogP contribution is -2.52. The number of carbonyl (C=O) groups excluding carboxylic acids is 2. The van der Waals surface area contributed by atoms with E-state index in [-0.39, 0.29) is 42.7 Å². The van der Waals surface area contributed by atoms with Crippen molar-refractivity contribution in [1.82, 2.24) is 15.5 Å². The molecule has 2 fully saturated rings. The van der Waals surface area contributed by atoms with Crippen LogP contribution >= 0.6 is 12.4 Å². The Hall–Kier alpha value is -1.73. The Kier molecular flexibility index (Phi) is 7.98. The van der Waals surface area contributed by atoms with E-state index in [1.54, 1.807) is 11.0 Å². The summed E-state index contributed by atoms with van der Waals surface area (Å²) in [5.74, 6) is -2.02. The summed E-state index contributed by atoms with van der Waals surface area (Å²) >= 11 is 0. The standard InChI is InChI=1S/C19H25F2N3O2.ClH/c20-15-6-5-13(10-16(15)21)14-7-8-22-11-17(14)23-18(25)12-24-9-3-1-2-4-19(24)26;/h5-6,10,14,17,22H,1-4,7-9,11-12H2,(H,23,25);1H. The Balaban J connectivity index is 0.00000261. The number of hydrogen-bond acceptors (Lipinski definition) is 3. The molecule has 2 aliphatic rings. The van der Waals surface area contributed by atoms with E-state index in [4.69, 9.17) is 0 Å². The summed E-state index contributed by atoms with van der Waals surface area (Å²) in [4.78, 5) is 26.1. The van der Waals surface area contributed by atoms with Gasteiger partial charge in [0.05, 0.1) is 6.54 Å². The van der Waals surface area contributed by atoms with Gasteiger partial charge in [0, 0.05) is 31.5 Å². The molecule has 2 N–H and O–H groups in total. The molecule has 0 radical (unpaired) electrons. The van der Waals surface area contributed by atoms with Crippen molar-refractivity contribution in [2.45, 2.75) is 44.1 Å². The van der Waals surface area contributed by atoms with Crippen LogP contribution in [0.3, 0.4) is 0 Å². The summed E-state index contributed by atoms with van der Waals surface area (Å²) in [6.45, 7) is 1.98. The minimum atomic E-state index is -0.874. The van der Waals surface area contributed by atoms with Crippen molar-refractivity contribution in [3.63, 3.8) is 0 Å². The van der Waals surface area contributed by atoms with Crippen LogP contribution in [0.5, 0.6) is 0 Å². The maximum Gasteiger partial charge on any atom is 0.239 e. The van der Waals surface area contributed by atoms with Gasteiger partial charge >= 0.3 is 0 Å². The fourth-order valence-electron chi connectivity index (χ4n) is 3.78. The molecule has 0 spiro atoms. The third kappa shape index (κ3) is 5.62. The summed E-state index contributed by atoms with van der Waals surface area (Å²) in [6.07, 6.45) is 4.02. The molecule has 3 rings (SSSR count). The third-order valence-corrected chi connectivity index (χ3v) is 5.21. The Bertz CT molecular complexity index is 674. The maximum atomic E-state index is 13.6.